The number of carbonyl (C=O) groups excluding carboxylic acids is 2. The monoisotopic (exact) mass is 226 g/mol. The van der Waals surface area contributed by atoms with Crippen LogP contribution in [0, 0.1) is 4.91 Å². The van der Waals surface area contributed by atoms with Crippen LogP contribution in [-0.2, 0) is 0 Å². The van der Waals surface area contributed by atoms with Crippen molar-refractivity contribution in [3.63, 3.8) is 0 Å². The second-order valence-corrected chi connectivity index (χ2v) is 3.71. The maximum atomic E-state index is 11.9. The summed E-state index contributed by atoms with van der Waals surface area (Å²) in [5.74, 6) is -1.34. The van der Waals surface area contributed by atoms with Crippen LogP contribution in [0.1, 0.15) is 20.7 Å². The average molecular weight is 226 g/mol. The van der Waals surface area contributed by atoms with Gasteiger partial charge in [0.15, 0.2) is 0 Å². The van der Waals surface area contributed by atoms with E-state index in [1.165, 1.54) is 0 Å². The molecule has 0 saturated heterocycles. The minimum atomic E-state index is -0.672. The van der Waals surface area contributed by atoms with Crippen molar-refractivity contribution in [3.8, 4) is 0 Å². The van der Waals surface area contributed by atoms with Gasteiger partial charge in [-0.1, -0.05) is 24.3 Å². The zero-order valence-corrected chi connectivity index (χ0v) is 8.58. The zero-order chi connectivity index (χ0) is 12.0. The molecule has 3 rings (SSSR count). The van der Waals surface area contributed by atoms with Crippen molar-refractivity contribution in [3.05, 3.63) is 52.4 Å². The van der Waals surface area contributed by atoms with E-state index in [4.69, 9.17) is 0 Å². The molecule has 5 heteroatoms. The highest BCUT2D eigenvalue weighted by Gasteiger charge is 2.33. The molecule has 1 heterocycles. The quantitative estimate of drug-likeness (QED) is 0.552. The van der Waals surface area contributed by atoms with Gasteiger partial charge in [0, 0.05) is 5.39 Å². The first-order chi connectivity index (χ1) is 8.24. The lowest BCUT2D eigenvalue weighted by Crippen LogP contribution is -2.35. The van der Waals surface area contributed by atoms with Crippen molar-refractivity contribution >= 4 is 22.6 Å². The fourth-order valence-corrected chi connectivity index (χ4v) is 2.09. The standard InChI is InChI=1S/C12H6N2O3/c15-11-8-5-1-3-7-4-2-6-9(10(7)8)12(16)14(11)13-17/h1-6H. The molecule has 0 spiro atoms. The third-order valence-electron chi connectivity index (χ3n) is 2.83. The maximum absolute atomic E-state index is 11.9. The first-order valence-corrected chi connectivity index (χ1v) is 4.98. The summed E-state index contributed by atoms with van der Waals surface area (Å²) < 4.78 is 0. The van der Waals surface area contributed by atoms with Crippen LogP contribution in [0.15, 0.2) is 41.7 Å². The number of hydrogen-bond acceptors (Lipinski definition) is 4. The van der Waals surface area contributed by atoms with E-state index in [0.29, 0.717) is 21.5 Å². The Bertz CT molecular complexity index is 628. The van der Waals surface area contributed by atoms with E-state index in [9.17, 15) is 14.5 Å². The molecule has 5 nitrogen and oxygen atoms in total. The number of nitroso groups, excluding NO2 is 1. The van der Waals surface area contributed by atoms with Gasteiger partial charge in [0.25, 0.3) is 11.8 Å². The van der Waals surface area contributed by atoms with Crippen LogP contribution in [0.5, 0.6) is 0 Å². The second kappa shape index (κ2) is 3.21. The van der Waals surface area contributed by atoms with Gasteiger partial charge in [-0.2, -0.15) is 0 Å². The summed E-state index contributed by atoms with van der Waals surface area (Å²) in [6, 6.07) is 10.2. The molecule has 0 N–H and O–H groups in total. The van der Waals surface area contributed by atoms with Crippen molar-refractivity contribution in [2.75, 3.05) is 0 Å². The van der Waals surface area contributed by atoms with Crippen LogP contribution in [0.25, 0.3) is 10.8 Å². The molecule has 1 aliphatic rings. The summed E-state index contributed by atoms with van der Waals surface area (Å²) in [6.45, 7) is 0. The molecule has 2 amide bonds. The maximum Gasteiger partial charge on any atom is 0.284 e. The third-order valence-corrected chi connectivity index (χ3v) is 2.83. The first-order valence-electron chi connectivity index (χ1n) is 4.98. The Labute approximate surface area is 95.6 Å². The van der Waals surface area contributed by atoms with Gasteiger partial charge in [0.1, 0.15) is 0 Å². The minimum absolute atomic E-state index is 0.331. The summed E-state index contributed by atoms with van der Waals surface area (Å²) in [6.07, 6.45) is 0. The van der Waals surface area contributed by atoms with Gasteiger partial charge in [0.05, 0.1) is 16.4 Å². The third kappa shape index (κ3) is 1.13. The van der Waals surface area contributed by atoms with Crippen LogP contribution in [0.3, 0.4) is 0 Å². The molecule has 0 atom stereocenters. The smallest absolute Gasteiger partial charge is 0.266 e. The SMILES string of the molecule is O=NN1C(=O)c2cccc3cccc(c23)C1=O. The Kier molecular flexibility index (Phi) is 1.82. The molecule has 0 aliphatic carbocycles. The molecule has 0 fully saturated rings. The molecule has 0 aromatic heterocycles. The lowest BCUT2D eigenvalue weighted by Gasteiger charge is -2.20. The van der Waals surface area contributed by atoms with Gasteiger partial charge in [-0.25, -0.2) is 0 Å². The van der Waals surface area contributed by atoms with Crippen LogP contribution >= 0.6 is 0 Å². The fraction of sp³-hybridized carbons (Fsp3) is 0. The van der Waals surface area contributed by atoms with E-state index in [1.54, 1.807) is 24.3 Å². The summed E-state index contributed by atoms with van der Waals surface area (Å²) in [4.78, 5) is 34.3. The second-order valence-electron chi connectivity index (χ2n) is 3.71. The van der Waals surface area contributed by atoms with Crippen LogP contribution < -0.4 is 0 Å². The van der Waals surface area contributed by atoms with Crippen LogP contribution in [0.4, 0.5) is 0 Å². The minimum Gasteiger partial charge on any atom is -0.266 e. The number of rotatable bonds is 1. The molecule has 17 heavy (non-hydrogen) atoms. The highest BCUT2D eigenvalue weighted by molar-refractivity contribution is 6.25. The topological polar surface area (TPSA) is 66.8 Å². The summed E-state index contributed by atoms with van der Waals surface area (Å²) in [5, 5.41) is 4.22. The Morgan fingerprint density at radius 2 is 1.41 bits per heavy atom. The van der Waals surface area contributed by atoms with Crippen LogP contribution in [0.2, 0.25) is 0 Å². The Morgan fingerprint density at radius 1 is 0.882 bits per heavy atom. The molecule has 2 aromatic carbocycles. The Balaban J connectivity index is 2.47. The predicted molar refractivity (Wildman–Crippen MR) is 60.2 cm³/mol. The zero-order valence-electron chi connectivity index (χ0n) is 8.58. The highest BCUT2D eigenvalue weighted by Crippen LogP contribution is 2.29. The Morgan fingerprint density at radius 3 is 1.88 bits per heavy atom. The van der Waals surface area contributed by atoms with Crippen molar-refractivity contribution in [1.29, 1.82) is 0 Å². The van der Waals surface area contributed by atoms with Gasteiger partial charge in [-0.15, -0.1) is 9.92 Å². The van der Waals surface area contributed by atoms with E-state index in [0.717, 1.165) is 5.39 Å². The van der Waals surface area contributed by atoms with E-state index in [-0.39, 0.29) is 0 Å². The molecular weight excluding hydrogens is 220 g/mol. The van der Waals surface area contributed by atoms with E-state index in [1.807, 2.05) is 12.1 Å². The van der Waals surface area contributed by atoms with Gasteiger partial charge in [-0.05, 0) is 17.5 Å². The highest BCUT2D eigenvalue weighted by atomic mass is 16.3. The molecule has 0 saturated carbocycles. The predicted octanol–water partition coefficient (Wildman–Crippen LogP) is 2.12. The summed E-state index contributed by atoms with van der Waals surface area (Å²) >= 11 is 0. The number of amides is 2. The fourth-order valence-electron chi connectivity index (χ4n) is 2.09. The van der Waals surface area contributed by atoms with Crippen molar-refractivity contribution in [1.82, 2.24) is 5.01 Å². The molecule has 0 unspecified atom stereocenters. The largest absolute Gasteiger partial charge is 0.284 e. The first kappa shape index (κ1) is 9.65. The van der Waals surface area contributed by atoms with Crippen molar-refractivity contribution < 1.29 is 9.59 Å². The molecular formula is C12H6N2O3. The Hall–Kier alpha value is -2.56. The van der Waals surface area contributed by atoms with Crippen molar-refractivity contribution in [2.24, 2.45) is 5.29 Å². The number of benzene rings is 2. The molecule has 2 aromatic rings. The molecule has 0 bridgehead atoms. The van der Waals surface area contributed by atoms with Gasteiger partial charge >= 0.3 is 0 Å². The lowest BCUT2D eigenvalue weighted by atomic mass is 9.95. The van der Waals surface area contributed by atoms with Crippen molar-refractivity contribution in [2.45, 2.75) is 0 Å². The molecule has 82 valence electrons. The van der Waals surface area contributed by atoms with Crippen LogP contribution in [-0.4, -0.2) is 16.8 Å². The van der Waals surface area contributed by atoms with Gasteiger partial charge < -0.3 is 0 Å². The number of hydrogen-bond donors (Lipinski definition) is 0. The van der Waals surface area contributed by atoms with E-state index >= 15 is 0 Å². The molecule has 0 radical (unpaired) electrons. The summed E-state index contributed by atoms with van der Waals surface area (Å²) in [5.41, 5.74) is 0.662. The van der Waals surface area contributed by atoms with Gasteiger partial charge in [0.2, 0.25) is 0 Å². The average Bonchev–Trinajstić information content (AvgIpc) is 2.36. The summed E-state index contributed by atoms with van der Waals surface area (Å²) in [7, 11) is 0. The van der Waals surface area contributed by atoms with E-state index < -0.39 is 11.8 Å². The van der Waals surface area contributed by atoms with E-state index in [2.05, 4.69) is 5.29 Å². The number of nitrogens with zero attached hydrogens (tertiary/aromatic N) is 2. The lowest BCUT2D eigenvalue weighted by molar-refractivity contribution is 0.0612. The van der Waals surface area contributed by atoms with Gasteiger partial charge in [-0.3, -0.25) is 9.59 Å². The molecule has 1 aliphatic heterocycles. The number of carbonyl (C=O) groups is 2. The number of imide groups is 1. The normalized spacial score (nSPS) is 14.2.